The molecule has 2 aromatic rings. The quantitative estimate of drug-likeness (QED) is 0.881. The zero-order valence-corrected chi connectivity index (χ0v) is 10.9. The fraction of sp³-hybridized carbons (Fsp3) is 0. The van der Waals surface area contributed by atoms with E-state index in [0.717, 1.165) is 4.47 Å². The van der Waals surface area contributed by atoms with Crippen LogP contribution in [0.15, 0.2) is 34.9 Å². The maximum Gasteiger partial charge on any atom is 0.153 e. The third-order valence-corrected chi connectivity index (χ3v) is 2.84. The number of nitrogen functional groups attached to an aromatic ring is 1. The fourth-order valence-corrected chi connectivity index (χ4v) is 1.85. The van der Waals surface area contributed by atoms with Crippen LogP contribution in [0.1, 0.15) is 0 Å². The number of halogens is 3. The van der Waals surface area contributed by atoms with Crippen molar-refractivity contribution >= 4 is 44.7 Å². The van der Waals surface area contributed by atoms with Crippen molar-refractivity contribution in [3.05, 3.63) is 45.8 Å². The molecule has 1 aromatic carbocycles. The first-order valence-electron chi connectivity index (χ1n) is 4.70. The van der Waals surface area contributed by atoms with E-state index in [1.807, 2.05) is 0 Å². The average Bonchev–Trinajstić information content (AvgIpc) is 2.26. The first kappa shape index (κ1) is 12.1. The number of nitrogens with two attached hydrogens (primary N) is 1. The molecule has 0 saturated carbocycles. The maximum atomic E-state index is 13.5. The second-order valence-electron chi connectivity index (χ2n) is 3.31. The van der Waals surface area contributed by atoms with E-state index in [0.29, 0.717) is 11.5 Å². The molecule has 1 aromatic heterocycles. The number of aromatic nitrogens is 1. The number of hydrogen-bond acceptors (Lipinski definition) is 3. The van der Waals surface area contributed by atoms with Gasteiger partial charge in [0.25, 0.3) is 0 Å². The Kier molecular flexibility index (Phi) is 3.49. The van der Waals surface area contributed by atoms with Gasteiger partial charge in [-0.25, -0.2) is 9.37 Å². The third-order valence-electron chi connectivity index (χ3n) is 2.09. The number of nitrogens with zero attached hydrogens (tertiary/aromatic N) is 1. The summed E-state index contributed by atoms with van der Waals surface area (Å²) in [6.45, 7) is 0. The highest BCUT2D eigenvalue weighted by atomic mass is 79.9. The highest BCUT2D eigenvalue weighted by Crippen LogP contribution is 2.30. The Morgan fingerprint density at radius 1 is 1.41 bits per heavy atom. The van der Waals surface area contributed by atoms with Crippen molar-refractivity contribution in [2.24, 2.45) is 0 Å². The molecule has 0 fully saturated rings. The lowest BCUT2D eigenvalue weighted by molar-refractivity contribution is 0.632. The van der Waals surface area contributed by atoms with Crippen LogP contribution in [0.2, 0.25) is 5.02 Å². The van der Waals surface area contributed by atoms with Crippen molar-refractivity contribution in [3.63, 3.8) is 0 Å². The van der Waals surface area contributed by atoms with Gasteiger partial charge in [-0.15, -0.1) is 0 Å². The highest BCUT2D eigenvalue weighted by Gasteiger charge is 2.09. The van der Waals surface area contributed by atoms with Gasteiger partial charge in [0.1, 0.15) is 5.82 Å². The summed E-state index contributed by atoms with van der Waals surface area (Å²) in [6, 6.07) is 6.09. The summed E-state index contributed by atoms with van der Waals surface area (Å²) in [4.78, 5) is 4.05. The van der Waals surface area contributed by atoms with Gasteiger partial charge < -0.3 is 11.1 Å². The number of para-hydroxylation sites is 1. The fourth-order valence-electron chi connectivity index (χ4n) is 1.30. The summed E-state index contributed by atoms with van der Waals surface area (Å²) in [5.74, 6) is -0.0955. The molecule has 0 atom stereocenters. The summed E-state index contributed by atoms with van der Waals surface area (Å²) in [5, 5.41) is 3.04. The molecule has 6 heteroatoms. The number of rotatable bonds is 2. The Morgan fingerprint density at radius 3 is 2.82 bits per heavy atom. The summed E-state index contributed by atoms with van der Waals surface area (Å²) in [5.41, 5.74) is 6.31. The van der Waals surface area contributed by atoms with E-state index in [-0.39, 0.29) is 10.7 Å². The molecule has 2 rings (SSSR count). The molecular weight excluding hydrogens is 308 g/mol. The molecule has 0 radical (unpaired) electrons. The van der Waals surface area contributed by atoms with Gasteiger partial charge in [-0.05, 0) is 34.1 Å². The number of nitrogens with one attached hydrogen (secondary N) is 1. The first-order chi connectivity index (χ1) is 8.08. The van der Waals surface area contributed by atoms with Crippen LogP contribution in [-0.4, -0.2) is 4.98 Å². The van der Waals surface area contributed by atoms with Gasteiger partial charge in [0, 0.05) is 10.7 Å². The predicted octanol–water partition coefficient (Wildman–Crippen LogP) is 3.96. The molecule has 3 nitrogen and oxygen atoms in total. The number of pyridine rings is 1. The molecule has 0 aliphatic carbocycles. The summed E-state index contributed by atoms with van der Waals surface area (Å²) in [6.07, 6.45) is 1.56. The zero-order chi connectivity index (χ0) is 12.4. The highest BCUT2D eigenvalue weighted by molar-refractivity contribution is 9.10. The van der Waals surface area contributed by atoms with Crippen molar-refractivity contribution < 1.29 is 4.39 Å². The first-order valence-corrected chi connectivity index (χ1v) is 5.87. The normalized spacial score (nSPS) is 10.3. The Bertz CT molecular complexity index is 542. The lowest BCUT2D eigenvalue weighted by Crippen LogP contribution is -2.01. The minimum atomic E-state index is -0.457. The van der Waals surface area contributed by atoms with Gasteiger partial charge in [-0.2, -0.15) is 0 Å². The third kappa shape index (κ3) is 2.68. The zero-order valence-electron chi connectivity index (χ0n) is 8.55. The minimum Gasteiger partial charge on any atom is -0.396 e. The van der Waals surface area contributed by atoms with Gasteiger partial charge in [-0.1, -0.05) is 17.7 Å². The van der Waals surface area contributed by atoms with Crippen LogP contribution >= 0.6 is 27.5 Å². The Balaban J connectivity index is 2.38. The Labute approximate surface area is 111 Å². The van der Waals surface area contributed by atoms with Gasteiger partial charge in [0.15, 0.2) is 5.82 Å². The number of anilines is 3. The van der Waals surface area contributed by atoms with Crippen molar-refractivity contribution in [2.75, 3.05) is 11.1 Å². The molecule has 3 N–H and O–H groups in total. The smallest absolute Gasteiger partial charge is 0.153 e. The van der Waals surface area contributed by atoms with Crippen LogP contribution in [0.4, 0.5) is 21.6 Å². The Hall–Kier alpha value is -1.33. The molecule has 0 spiro atoms. The lowest BCUT2D eigenvalue weighted by atomic mass is 10.3. The molecule has 1 heterocycles. The summed E-state index contributed by atoms with van der Waals surface area (Å²) >= 11 is 9.12. The number of hydrogen-bond donors (Lipinski definition) is 2. The molecule has 0 aliphatic rings. The standard InChI is InChI=1S/C11H8BrClFN3/c12-6-4-9(15)11(16-5-6)17-10-7(13)2-1-3-8(10)14/h1-5H,15H2,(H,16,17). The summed E-state index contributed by atoms with van der Waals surface area (Å²) in [7, 11) is 0. The van der Waals surface area contributed by atoms with E-state index in [1.54, 1.807) is 18.3 Å². The van der Waals surface area contributed by atoms with E-state index >= 15 is 0 Å². The van der Waals surface area contributed by atoms with Gasteiger partial charge in [-0.3, -0.25) is 0 Å². The van der Waals surface area contributed by atoms with E-state index in [9.17, 15) is 4.39 Å². The molecule has 0 saturated heterocycles. The van der Waals surface area contributed by atoms with Gasteiger partial charge >= 0.3 is 0 Å². The molecule has 0 aliphatic heterocycles. The second-order valence-corrected chi connectivity index (χ2v) is 4.64. The van der Waals surface area contributed by atoms with Crippen molar-refractivity contribution in [2.45, 2.75) is 0 Å². The SMILES string of the molecule is Nc1cc(Br)cnc1Nc1c(F)cccc1Cl. The van der Waals surface area contributed by atoms with Crippen molar-refractivity contribution in [1.82, 2.24) is 4.98 Å². The molecule has 0 unspecified atom stereocenters. The lowest BCUT2D eigenvalue weighted by Gasteiger charge is -2.10. The summed E-state index contributed by atoms with van der Waals surface area (Å²) < 4.78 is 14.3. The number of benzene rings is 1. The average molecular weight is 317 g/mol. The molecule has 17 heavy (non-hydrogen) atoms. The van der Waals surface area contributed by atoms with E-state index < -0.39 is 5.82 Å². The van der Waals surface area contributed by atoms with Crippen molar-refractivity contribution in [3.8, 4) is 0 Å². The van der Waals surface area contributed by atoms with Crippen LogP contribution in [0.25, 0.3) is 0 Å². The molecule has 0 amide bonds. The molecular formula is C11H8BrClFN3. The molecule has 88 valence electrons. The van der Waals surface area contributed by atoms with Crippen LogP contribution < -0.4 is 11.1 Å². The maximum absolute atomic E-state index is 13.5. The predicted molar refractivity (Wildman–Crippen MR) is 71.0 cm³/mol. The van der Waals surface area contributed by atoms with Gasteiger partial charge in [0.2, 0.25) is 0 Å². The van der Waals surface area contributed by atoms with Crippen LogP contribution in [0.3, 0.4) is 0 Å². The second kappa shape index (κ2) is 4.89. The minimum absolute atomic E-state index is 0.163. The van der Waals surface area contributed by atoms with Crippen LogP contribution in [-0.2, 0) is 0 Å². The molecule has 0 bridgehead atoms. The van der Waals surface area contributed by atoms with Crippen LogP contribution in [0.5, 0.6) is 0 Å². The monoisotopic (exact) mass is 315 g/mol. The Morgan fingerprint density at radius 2 is 2.18 bits per heavy atom. The van der Waals surface area contributed by atoms with E-state index in [4.69, 9.17) is 17.3 Å². The van der Waals surface area contributed by atoms with Crippen LogP contribution in [0, 0.1) is 5.82 Å². The van der Waals surface area contributed by atoms with E-state index in [1.165, 1.54) is 12.1 Å². The van der Waals surface area contributed by atoms with Crippen molar-refractivity contribution in [1.29, 1.82) is 0 Å². The van der Waals surface area contributed by atoms with Gasteiger partial charge in [0.05, 0.1) is 16.4 Å². The van der Waals surface area contributed by atoms with E-state index in [2.05, 4.69) is 26.2 Å². The topological polar surface area (TPSA) is 50.9 Å². The largest absolute Gasteiger partial charge is 0.396 e.